The standard InChI is InChI=1S/C27H25N5O2/c1-29-26(33)18-10-11-24(19(16-18)17-28)31-12-14-32(15-13-31)25-20-6-2-3-7-21(20)27(34)30-23-9-5-4-8-22(23)25/h2-11,16,25H,12-15H2,1H3,(H,29,33)(H,30,34). The summed E-state index contributed by atoms with van der Waals surface area (Å²) in [4.78, 5) is 29.5. The molecule has 2 heterocycles. The lowest BCUT2D eigenvalue weighted by Gasteiger charge is -2.41. The van der Waals surface area contributed by atoms with Crippen LogP contribution in [0.25, 0.3) is 0 Å². The van der Waals surface area contributed by atoms with Gasteiger partial charge in [0.05, 0.1) is 17.3 Å². The van der Waals surface area contributed by atoms with Gasteiger partial charge in [0.25, 0.3) is 11.8 Å². The second kappa shape index (κ2) is 9.00. The van der Waals surface area contributed by atoms with Crippen LogP contribution in [0.2, 0.25) is 0 Å². The molecule has 1 fully saturated rings. The van der Waals surface area contributed by atoms with Gasteiger partial charge in [-0.3, -0.25) is 14.5 Å². The van der Waals surface area contributed by atoms with Gasteiger partial charge in [0.15, 0.2) is 0 Å². The van der Waals surface area contributed by atoms with Crippen molar-refractivity contribution in [3.8, 4) is 6.07 Å². The fourth-order valence-corrected chi connectivity index (χ4v) is 4.95. The molecule has 2 N–H and O–H groups in total. The second-order valence-electron chi connectivity index (χ2n) is 8.48. The van der Waals surface area contributed by atoms with E-state index in [2.05, 4.69) is 32.6 Å². The summed E-state index contributed by atoms with van der Waals surface area (Å²) >= 11 is 0. The van der Waals surface area contributed by atoms with Crippen molar-refractivity contribution >= 4 is 23.2 Å². The van der Waals surface area contributed by atoms with E-state index in [1.807, 2.05) is 48.5 Å². The molecule has 0 saturated carbocycles. The molecule has 2 aliphatic heterocycles. The number of nitrogens with one attached hydrogen (secondary N) is 2. The van der Waals surface area contributed by atoms with Gasteiger partial charge in [-0.05, 0) is 41.5 Å². The van der Waals surface area contributed by atoms with Gasteiger partial charge in [0.1, 0.15) is 6.07 Å². The molecule has 0 bridgehead atoms. The minimum atomic E-state index is -0.207. The molecule has 1 saturated heterocycles. The van der Waals surface area contributed by atoms with Crippen LogP contribution in [0.1, 0.15) is 43.4 Å². The SMILES string of the molecule is CNC(=O)c1ccc(N2CCN(C3c4ccccc4NC(=O)c4ccccc43)CC2)c(C#N)c1. The maximum Gasteiger partial charge on any atom is 0.256 e. The van der Waals surface area contributed by atoms with Crippen LogP contribution >= 0.6 is 0 Å². The van der Waals surface area contributed by atoms with Gasteiger partial charge in [0, 0.05) is 50.0 Å². The zero-order chi connectivity index (χ0) is 23.7. The Kier molecular flexibility index (Phi) is 5.74. The number of fused-ring (bicyclic) bond motifs is 2. The van der Waals surface area contributed by atoms with Crippen molar-refractivity contribution in [2.24, 2.45) is 0 Å². The Morgan fingerprint density at radius 3 is 2.44 bits per heavy atom. The molecule has 0 spiro atoms. The minimum Gasteiger partial charge on any atom is -0.368 e. The zero-order valence-corrected chi connectivity index (χ0v) is 18.9. The van der Waals surface area contributed by atoms with Crippen LogP contribution in [0.4, 0.5) is 11.4 Å². The summed E-state index contributed by atoms with van der Waals surface area (Å²) in [5, 5.41) is 15.4. The van der Waals surface area contributed by atoms with Gasteiger partial charge < -0.3 is 15.5 Å². The monoisotopic (exact) mass is 451 g/mol. The summed E-state index contributed by atoms with van der Waals surface area (Å²) in [6.07, 6.45) is 0. The number of piperazine rings is 1. The van der Waals surface area contributed by atoms with Crippen molar-refractivity contribution in [3.05, 3.63) is 94.5 Å². The number of carbonyl (C=O) groups is 2. The Labute approximate surface area is 198 Å². The molecule has 1 unspecified atom stereocenters. The van der Waals surface area contributed by atoms with Crippen molar-refractivity contribution in [2.75, 3.05) is 43.4 Å². The van der Waals surface area contributed by atoms with E-state index in [1.54, 1.807) is 19.2 Å². The normalized spacial score (nSPS) is 17.6. The average molecular weight is 452 g/mol. The number of benzene rings is 3. The van der Waals surface area contributed by atoms with Crippen LogP contribution in [0.3, 0.4) is 0 Å². The number of nitriles is 1. The quantitative estimate of drug-likeness (QED) is 0.637. The first-order chi connectivity index (χ1) is 16.6. The fraction of sp³-hybridized carbons (Fsp3) is 0.222. The second-order valence-corrected chi connectivity index (χ2v) is 8.48. The fourth-order valence-electron chi connectivity index (χ4n) is 4.95. The van der Waals surface area contributed by atoms with E-state index >= 15 is 0 Å². The van der Waals surface area contributed by atoms with E-state index in [1.165, 1.54) is 0 Å². The lowest BCUT2D eigenvalue weighted by atomic mass is 9.93. The predicted octanol–water partition coefficient (Wildman–Crippen LogP) is 3.40. The summed E-state index contributed by atoms with van der Waals surface area (Å²) in [6.45, 7) is 3.00. The summed E-state index contributed by atoms with van der Waals surface area (Å²) in [5.41, 5.74) is 5.44. The number of amides is 2. The number of nitrogens with zero attached hydrogens (tertiary/aromatic N) is 3. The van der Waals surface area contributed by atoms with Gasteiger partial charge in [-0.2, -0.15) is 5.26 Å². The number of hydrogen-bond donors (Lipinski definition) is 2. The Bertz CT molecular complexity index is 1300. The maximum atomic E-state index is 12.9. The van der Waals surface area contributed by atoms with Crippen molar-refractivity contribution in [3.63, 3.8) is 0 Å². The molecule has 2 amide bonds. The number of anilines is 2. The van der Waals surface area contributed by atoms with Crippen LogP contribution in [-0.4, -0.2) is 49.9 Å². The lowest BCUT2D eigenvalue weighted by Crippen LogP contribution is -2.48. The molecule has 5 rings (SSSR count). The molecule has 2 aliphatic rings. The van der Waals surface area contributed by atoms with Crippen LogP contribution in [0, 0.1) is 11.3 Å². The van der Waals surface area contributed by atoms with Crippen molar-refractivity contribution < 1.29 is 9.59 Å². The van der Waals surface area contributed by atoms with Crippen LogP contribution in [0.5, 0.6) is 0 Å². The lowest BCUT2D eigenvalue weighted by molar-refractivity contribution is 0.0962. The van der Waals surface area contributed by atoms with Gasteiger partial charge >= 0.3 is 0 Å². The van der Waals surface area contributed by atoms with E-state index in [0.29, 0.717) is 16.7 Å². The number of rotatable bonds is 3. The highest BCUT2D eigenvalue weighted by Gasteiger charge is 2.33. The van der Waals surface area contributed by atoms with Crippen LogP contribution < -0.4 is 15.5 Å². The first-order valence-electron chi connectivity index (χ1n) is 11.3. The van der Waals surface area contributed by atoms with E-state index in [-0.39, 0.29) is 17.9 Å². The molecule has 170 valence electrons. The third-order valence-electron chi connectivity index (χ3n) is 6.63. The smallest absolute Gasteiger partial charge is 0.256 e. The molecule has 34 heavy (non-hydrogen) atoms. The highest BCUT2D eigenvalue weighted by Crippen LogP contribution is 2.39. The molecular weight excluding hydrogens is 426 g/mol. The summed E-state index contributed by atoms with van der Waals surface area (Å²) < 4.78 is 0. The summed E-state index contributed by atoms with van der Waals surface area (Å²) in [5.74, 6) is -0.291. The van der Waals surface area contributed by atoms with E-state index in [0.717, 1.165) is 48.7 Å². The van der Waals surface area contributed by atoms with Crippen molar-refractivity contribution in [1.82, 2.24) is 10.2 Å². The third kappa shape index (κ3) is 3.78. The maximum absolute atomic E-state index is 12.9. The van der Waals surface area contributed by atoms with Crippen molar-refractivity contribution in [2.45, 2.75) is 6.04 Å². The molecule has 0 radical (unpaired) electrons. The first-order valence-corrected chi connectivity index (χ1v) is 11.3. The molecule has 0 aromatic heterocycles. The third-order valence-corrected chi connectivity index (χ3v) is 6.63. The highest BCUT2D eigenvalue weighted by molar-refractivity contribution is 6.07. The van der Waals surface area contributed by atoms with Crippen molar-refractivity contribution in [1.29, 1.82) is 5.26 Å². The van der Waals surface area contributed by atoms with E-state index in [4.69, 9.17) is 0 Å². The van der Waals surface area contributed by atoms with Gasteiger partial charge in [-0.1, -0.05) is 36.4 Å². The predicted molar refractivity (Wildman–Crippen MR) is 131 cm³/mol. The highest BCUT2D eigenvalue weighted by atomic mass is 16.2. The Morgan fingerprint density at radius 1 is 1.00 bits per heavy atom. The molecule has 0 aliphatic carbocycles. The number of para-hydroxylation sites is 1. The molecular formula is C27H25N5O2. The van der Waals surface area contributed by atoms with Crippen LogP contribution in [-0.2, 0) is 0 Å². The molecule has 7 heteroatoms. The van der Waals surface area contributed by atoms with Gasteiger partial charge in [0.2, 0.25) is 0 Å². The largest absolute Gasteiger partial charge is 0.368 e. The Morgan fingerprint density at radius 2 is 1.71 bits per heavy atom. The first kappa shape index (κ1) is 21.7. The van der Waals surface area contributed by atoms with E-state index in [9.17, 15) is 14.9 Å². The van der Waals surface area contributed by atoms with Crippen LogP contribution in [0.15, 0.2) is 66.7 Å². The molecule has 7 nitrogen and oxygen atoms in total. The number of carbonyl (C=O) groups excluding carboxylic acids is 2. The number of hydrogen-bond acceptors (Lipinski definition) is 5. The van der Waals surface area contributed by atoms with Gasteiger partial charge in [-0.25, -0.2) is 0 Å². The van der Waals surface area contributed by atoms with E-state index < -0.39 is 0 Å². The summed E-state index contributed by atoms with van der Waals surface area (Å²) in [7, 11) is 1.58. The minimum absolute atomic E-state index is 0.0421. The summed E-state index contributed by atoms with van der Waals surface area (Å²) in [6, 6.07) is 23.3. The van der Waals surface area contributed by atoms with Gasteiger partial charge in [-0.15, -0.1) is 0 Å². The Hall–Kier alpha value is -4.15. The molecule has 3 aromatic rings. The zero-order valence-electron chi connectivity index (χ0n) is 18.9. The topological polar surface area (TPSA) is 88.5 Å². The Balaban J connectivity index is 1.44. The average Bonchev–Trinajstić information content (AvgIpc) is 3.01. The molecule has 1 atom stereocenters. The molecule has 3 aromatic carbocycles.